The number of thiazole rings is 1. The Labute approximate surface area is 112 Å². The molecular formula is C14H8N3OS+. The zero-order valence-corrected chi connectivity index (χ0v) is 10.6. The molecule has 5 heteroatoms. The molecule has 0 N–H and O–H groups in total. The van der Waals surface area contributed by atoms with E-state index in [4.69, 9.17) is 4.42 Å². The third-order valence-corrected chi connectivity index (χ3v) is 4.82. The maximum Gasteiger partial charge on any atom is 0.393 e. The van der Waals surface area contributed by atoms with Gasteiger partial charge in [-0.2, -0.15) is 0 Å². The molecule has 1 aliphatic rings. The lowest BCUT2D eigenvalue weighted by molar-refractivity contribution is -0.648. The lowest BCUT2D eigenvalue weighted by atomic mass is 10.2. The molecule has 19 heavy (non-hydrogen) atoms. The van der Waals surface area contributed by atoms with Gasteiger partial charge in [0, 0.05) is 36.4 Å². The molecule has 4 aromatic heterocycles. The smallest absolute Gasteiger partial charge is 0.393 e. The van der Waals surface area contributed by atoms with E-state index < -0.39 is 0 Å². The van der Waals surface area contributed by atoms with E-state index in [0.29, 0.717) is 0 Å². The standard InChI is InChI=1S/C14H8N3OS/c1-3-15-5-9-8(1)7-17-13-12(19-14(9)17)10-6-16-4-2-11(10)18-13/h1-6H,7H2/q+1. The minimum absolute atomic E-state index is 0.862. The van der Waals surface area contributed by atoms with Crippen molar-refractivity contribution in [1.29, 1.82) is 0 Å². The van der Waals surface area contributed by atoms with Crippen molar-refractivity contribution in [2.24, 2.45) is 0 Å². The lowest BCUT2D eigenvalue weighted by Crippen LogP contribution is -2.29. The summed E-state index contributed by atoms with van der Waals surface area (Å²) in [5.74, 6) is 0. The summed E-state index contributed by atoms with van der Waals surface area (Å²) < 4.78 is 9.38. The number of nitrogens with zero attached hydrogens (tertiary/aromatic N) is 3. The fourth-order valence-electron chi connectivity index (χ4n) is 2.70. The number of hydrogen-bond donors (Lipinski definition) is 0. The summed E-state index contributed by atoms with van der Waals surface area (Å²) in [5.41, 5.74) is 4.37. The van der Waals surface area contributed by atoms with Crippen molar-refractivity contribution in [3.63, 3.8) is 0 Å². The Bertz CT molecular complexity index is 954. The highest BCUT2D eigenvalue weighted by atomic mass is 32.1. The van der Waals surface area contributed by atoms with Crippen LogP contribution >= 0.6 is 11.3 Å². The molecule has 1 aliphatic heterocycles. The number of fused-ring (bicyclic) bond motifs is 7. The van der Waals surface area contributed by atoms with Gasteiger partial charge in [-0.3, -0.25) is 9.97 Å². The molecule has 0 aromatic carbocycles. The molecule has 0 radical (unpaired) electrons. The van der Waals surface area contributed by atoms with Gasteiger partial charge in [-0.25, -0.2) is 0 Å². The molecule has 0 amide bonds. The second-order valence-electron chi connectivity index (χ2n) is 4.63. The van der Waals surface area contributed by atoms with Crippen LogP contribution in [0.3, 0.4) is 0 Å². The van der Waals surface area contributed by atoms with Crippen LogP contribution in [0.1, 0.15) is 5.56 Å². The SMILES string of the molecule is c1cc2c(cn1)-c1sc3c4cnccc4oc3[n+]1C2. The van der Waals surface area contributed by atoms with Crippen molar-refractivity contribution < 1.29 is 8.98 Å². The number of pyridine rings is 2. The zero-order chi connectivity index (χ0) is 12.4. The molecule has 4 aromatic rings. The Balaban J connectivity index is 1.93. The molecular weight excluding hydrogens is 258 g/mol. The first-order chi connectivity index (χ1) is 9.42. The van der Waals surface area contributed by atoms with Crippen LogP contribution in [0.2, 0.25) is 0 Å². The predicted molar refractivity (Wildman–Crippen MR) is 71.9 cm³/mol. The summed E-state index contributed by atoms with van der Waals surface area (Å²) in [6.07, 6.45) is 7.41. The van der Waals surface area contributed by atoms with Crippen molar-refractivity contribution in [3.8, 4) is 10.6 Å². The molecule has 4 nitrogen and oxygen atoms in total. The van der Waals surface area contributed by atoms with Crippen LogP contribution in [0.4, 0.5) is 0 Å². The second-order valence-corrected chi connectivity index (χ2v) is 5.63. The van der Waals surface area contributed by atoms with Gasteiger partial charge < -0.3 is 4.42 Å². The summed E-state index contributed by atoms with van der Waals surface area (Å²) in [7, 11) is 0. The minimum Gasteiger partial charge on any atom is -0.403 e. The van der Waals surface area contributed by atoms with Gasteiger partial charge in [-0.15, -0.1) is 4.57 Å². The van der Waals surface area contributed by atoms with E-state index in [2.05, 4.69) is 20.6 Å². The van der Waals surface area contributed by atoms with E-state index >= 15 is 0 Å². The highest BCUT2D eigenvalue weighted by Crippen LogP contribution is 2.39. The van der Waals surface area contributed by atoms with Gasteiger partial charge in [-0.1, -0.05) is 11.3 Å². The van der Waals surface area contributed by atoms with Crippen LogP contribution in [0.25, 0.3) is 32.0 Å². The van der Waals surface area contributed by atoms with Crippen LogP contribution in [-0.4, -0.2) is 9.97 Å². The van der Waals surface area contributed by atoms with Gasteiger partial charge in [-0.05, 0) is 6.07 Å². The Morgan fingerprint density at radius 1 is 1.16 bits per heavy atom. The van der Waals surface area contributed by atoms with Crippen LogP contribution in [0.15, 0.2) is 41.3 Å². The first-order valence-corrected chi connectivity index (χ1v) is 6.85. The number of aromatic nitrogens is 3. The van der Waals surface area contributed by atoms with Crippen molar-refractivity contribution in [2.75, 3.05) is 0 Å². The van der Waals surface area contributed by atoms with E-state index in [9.17, 15) is 0 Å². The molecule has 90 valence electrons. The fraction of sp³-hybridized carbons (Fsp3) is 0.0714. The van der Waals surface area contributed by atoms with E-state index in [-0.39, 0.29) is 0 Å². The predicted octanol–water partition coefficient (Wildman–Crippen LogP) is 2.75. The van der Waals surface area contributed by atoms with Gasteiger partial charge in [0.05, 0.1) is 10.9 Å². The normalized spacial score (nSPS) is 13.1. The van der Waals surface area contributed by atoms with E-state index in [0.717, 1.165) is 23.2 Å². The van der Waals surface area contributed by atoms with Gasteiger partial charge in [0.1, 0.15) is 5.58 Å². The molecule has 5 heterocycles. The third kappa shape index (κ3) is 1.11. The van der Waals surface area contributed by atoms with Gasteiger partial charge in [0.25, 0.3) is 5.01 Å². The molecule has 0 unspecified atom stereocenters. The lowest BCUT2D eigenvalue weighted by Gasteiger charge is -1.88. The van der Waals surface area contributed by atoms with E-state index in [1.165, 1.54) is 20.8 Å². The third-order valence-electron chi connectivity index (χ3n) is 3.59. The Morgan fingerprint density at radius 3 is 3.05 bits per heavy atom. The van der Waals surface area contributed by atoms with E-state index in [1.54, 1.807) is 17.5 Å². The van der Waals surface area contributed by atoms with Crippen molar-refractivity contribution >= 4 is 32.7 Å². The first kappa shape index (κ1) is 9.63. The topological polar surface area (TPSA) is 42.8 Å². The quantitative estimate of drug-likeness (QED) is 0.405. The molecule has 5 rings (SSSR count). The Kier molecular flexibility index (Phi) is 1.62. The van der Waals surface area contributed by atoms with Crippen LogP contribution in [0, 0.1) is 0 Å². The van der Waals surface area contributed by atoms with Crippen LogP contribution < -0.4 is 4.57 Å². The first-order valence-electron chi connectivity index (χ1n) is 6.04. The monoisotopic (exact) mass is 266 g/mol. The van der Waals surface area contributed by atoms with Crippen molar-refractivity contribution in [3.05, 3.63) is 42.5 Å². The molecule has 0 aliphatic carbocycles. The molecule has 0 fully saturated rings. The summed E-state index contributed by atoms with van der Waals surface area (Å²) in [4.78, 5) is 8.41. The molecule has 0 spiro atoms. The Morgan fingerprint density at radius 2 is 2.05 bits per heavy atom. The molecule has 0 saturated carbocycles. The van der Waals surface area contributed by atoms with Gasteiger partial charge >= 0.3 is 5.71 Å². The summed E-state index contributed by atoms with van der Waals surface area (Å²) in [5, 5.41) is 2.32. The van der Waals surface area contributed by atoms with Crippen LogP contribution in [0.5, 0.6) is 0 Å². The number of hydrogen-bond acceptors (Lipinski definition) is 4. The van der Waals surface area contributed by atoms with Crippen LogP contribution in [-0.2, 0) is 6.54 Å². The maximum atomic E-state index is 5.98. The van der Waals surface area contributed by atoms with E-state index in [1.807, 2.05) is 24.7 Å². The summed E-state index contributed by atoms with van der Waals surface area (Å²) in [6.45, 7) is 0.862. The fourth-order valence-corrected chi connectivity index (χ4v) is 3.94. The number of rotatable bonds is 0. The molecule has 0 saturated heterocycles. The summed E-state index contributed by atoms with van der Waals surface area (Å²) >= 11 is 1.75. The second kappa shape index (κ2) is 3.19. The number of furan rings is 1. The highest BCUT2D eigenvalue weighted by Gasteiger charge is 2.34. The summed E-state index contributed by atoms with van der Waals surface area (Å²) in [6, 6.07) is 3.99. The average molecular weight is 266 g/mol. The maximum absolute atomic E-state index is 5.98. The zero-order valence-electron chi connectivity index (χ0n) is 9.83. The minimum atomic E-state index is 0.862. The largest absolute Gasteiger partial charge is 0.403 e. The van der Waals surface area contributed by atoms with Gasteiger partial charge in [0.2, 0.25) is 0 Å². The van der Waals surface area contributed by atoms with Crippen molar-refractivity contribution in [2.45, 2.75) is 6.54 Å². The van der Waals surface area contributed by atoms with Gasteiger partial charge in [0.15, 0.2) is 11.2 Å². The Hall–Kier alpha value is -2.27. The van der Waals surface area contributed by atoms with Crippen molar-refractivity contribution in [1.82, 2.24) is 9.97 Å². The molecule has 0 atom stereocenters. The highest BCUT2D eigenvalue weighted by molar-refractivity contribution is 7.22. The molecule has 0 bridgehead atoms. The average Bonchev–Trinajstić information content (AvgIpc) is 3.07.